The van der Waals surface area contributed by atoms with E-state index in [9.17, 15) is 9.59 Å². The molecule has 4 rings (SSSR count). The highest BCUT2D eigenvalue weighted by Crippen LogP contribution is 2.38. The minimum atomic E-state index is -0.697. The van der Waals surface area contributed by atoms with Gasteiger partial charge in [-0.2, -0.15) is 5.10 Å². The first-order valence-corrected chi connectivity index (χ1v) is 9.96. The minimum Gasteiger partial charge on any atom is -0.492 e. The summed E-state index contributed by atoms with van der Waals surface area (Å²) in [4.78, 5) is 25.3. The standard InChI is InChI=1S/C23H24N4O3/c1-4-30-19-8-6-5-7-17(19)24-20(28)13-18-23(29)25-22-21(15(3)26-27(18)22)16-11-9-14(2)10-12-16/h5-12,18H,4,13H2,1-3H3,(H,24,28)(H,25,29). The Bertz CT molecular complexity index is 1100. The molecule has 0 saturated carbocycles. The summed E-state index contributed by atoms with van der Waals surface area (Å²) < 4.78 is 7.18. The quantitative estimate of drug-likeness (QED) is 0.648. The molecule has 0 saturated heterocycles. The third-order valence-electron chi connectivity index (χ3n) is 5.10. The predicted octanol–water partition coefficient (Wildman–Crippen LogP) is 4.09. The molecule has 1 aliphatic heterocycles. The van der Waals surface area contributed by atoms with E-state index in [1.54, 1.807) is 16.8 Å². The number of carbonyl (C=O) groups is 2. The summed E-state index contributed by atoms with van der Waals surface area (Å²) in [6.07, 6.45) is -0.0201. The first-order valence-electron chi connectivity index (χ1n) is 9.96. The normalized spacial score (nSPS) is 14.9. The summed E-state index contributed by atoms with van der Waals surface area (Å²) in [5, 5.41) is 10.3. The summed E-state index contributed by atoms with van der Waals surface area (Å²) in [5.41, 5.74) is 4.41. The molecule has 1 aromatic heterocycles. The van der Waals surface area contributed by atoms with E-state index in [4.69, 9.17) is 4.74 Å². The third kappa shape index (κ3) is 3.66. The number of hydrogen-bond acceptors (Lipinski definition) is 4. The number of carbonyl (C=O) groups excluding carboxylic acids is 2. The summed E-state index contributed by atoms with van der Waals surface area (Å²) in [6, 6.07) is 14.6. The van der Waals surface area contributed by atoms with Crippen molar-refractivity contribution in [2.45, 2.75) is 33.2 Å². The maximum atomic E-state index is 12.7. The average molecular weight is 404 g/mol. The summed E-state index contributed by atoms with van der Waals surface area (Å²) in [5.74, 6) is 0.717. The third-order valence-corrected chi connectivity index (χ3v) is 5.10. The number of nitrogens with zero attached hydrogens (tertiary/aromatic N) is 2. The van der Waals surface area contributed by atoms with Gasteiger partial charge in [-0.3, -0.25) is 9.59 Å². The Hall–Kier alpha value is -3.61. The molecule has 0 radical (unpaired) electrons. The SMILES string of the molecule is CCOc1ccccc1NC(=O)CC1C(=O)Nc2c(-c3ccc(C)cc3)c(C)nn21. The average Bonchev–Trinajstić information content (AvgIpc) is 3.18. The van der Waals surface area contributed by atoms with Gasteiger partial charge in [0.05, 0.1) is 24.4 Å². The van der Waals surface area contributed by atoms with E-state index in [-0.39, 0.29) is 18.2 Å². The van der Waals surface area contributed by atoms with Crippen LogP contribution in [-0.4, -0.2) is 28.2 Å². The lowest BCUT2D eigenvalue weighted by molar-refractivity contribution is -0.123. The van der Waals surface area contributed by atoms with E-state index in [1.807, 2.05) is 57.2 Å². The number of fused-ring (bicyclic) bond motifs is 1. The topological polar surface area (TPSA) is 85.2 Å². The van der Waals surface area contributed by atoms with Gasteiger partial charge in [0.1, 0.15) is 17.6 Å². The molecule has 1 unspecified atom stereocenters. The Morgan fingerprint density at radius 2 is 1.90 bits per heavy atom. The number of hydrogen-bond donors (Lipinski definition) is 2. The lowest BCUT2D eigenvalue weighted by Gasteiger charge is -2.13. The van der Waals surface area contributed by atoms with Crippen LogP contribution in [0.15, 0.2) is 48.5 Å². The second-order valence-corrected chi connectivity index (χ2v) is 7.31. The van der Waals surface area contributed by atoms with Crippen molar-refractivity contribution in [1.82, 2.24) is 9.78 Å². The lowest BCUT2D eigenvalue weighted by atomic mass is 10.0. The molecule has 0 spiro atoms. The van der Waals surface area contributed by atoms with E-state index < -0.39 is 6.04 Å². The summed E-state index contributed by atoms with van der Waals surface area (Å²) in [6.45, 7) is 6.31. The number of nitrogens with one attached hydrogen (secondary N) is 2. The van der Waals surface area contributed by atoms with Crippen LogP contribution in [0, 0.1) is 13.8 Å². The zero-order valence-corrected chi connectivity index (χ0v) is 17.2. The highest BCUT2D eigenvalue weighted by molar-refractivity contribution is 6.04. The number of aryl methyl sites for hydroxylation is 2. The molecule has 0 aliphatic carbocycles. The molecule has 2 amide bonds. The monoisotopic (exact) mass is 404 g/mol. The van der Waals surface area contributed by atoms with Gasteiger partial charge in [-0.15, -0.1) is 0 Å². The van der Waals surface area contributed by atoms with E-state index >= 15 is 0 Å². The molecule has 1 atom stereocenters. The molecule has 0 bridgehead atoms. The number of aromatic nitrogens is 2. The van der Waals surface area contributed by atoms with Crippen LogP contribution in [0.25, 0.3) is 11.1 Å². The van der Waals surface area contributed by atoms with E-state index in [2.05, 4.69) is 15.7 Å². The molecular formula is C23H24N4O3. The van der Waals surface area contributed by atoms with Crippen LogP contribution in [0.3, 0.4) is 0 Å². The van der Waals surface area contributed by atoms with Crippen molar-refractivity contribution in [3.05, 3.63) is 59.8 Å². The van der Waals surface area contributed by atoms with Gasteiger partial charge in [0.2, 0.25) is 5.91 Å². The molecule has 0 fully saturated rings. The summed E-state index contributed by atoms with van der Waals surface area (Å²) in [7, 11) is 0. The first kappa shape index (κ1) is 19.7. The largest absolute Gasteiger partial charge is 0.492 e. The van der Waals surface area contributed by atoms with Crippen LogP contribution in [0.2, 0.25) is 0 Å². The van der Waals surface area contributed by atoms with Crippen molar-refractivity contribution >= 4 is 23.3 Å². The highest BCUT2D eigenvalue weighted by atomic mass is 16.5. The molecule has 7 heteroatoms. The number of rotatable bonds is 6. The predicted molar refractivity (Wildman–Crippen MR) is 116 cm³/mol. The fraction of sp³-hybridized carbons (Fsp3) is 0.261. The molecule has 2 heterocycles. The van der Waals surface area contributed by atoms with Gasteiger partial charge >= 0.3 is 0 Å². The Morgan fingerprint density at radius 1 is 1.17 bits per heavy atom. The van der Waals surface area contributed by atoms with Gasteiger partial charge in [-0.05, 0) is 38.5 Å². The van der Waals surface area contributed by atoms with Gasteiger partial charge in [-0.1, -0.05) is 42.0 Å². The molecule has 1 aliphatic rings. The molecule has 30 heavy (non-hydrogen) atoms. The van der Waals surface area contributed by atoms with Crippen molar-refractivity contribution < 1.29 is 14.3 Å². The van der Waals surface area contributed by atoms with Gasteiger partial charge in [0, 0.05) is 5.56 Å². The maximum absolute atomic E-state index is 12.7. The molecule has 3 aromatic rings. The van der Waals surface area contributed by atoms with Crippen LogP contribution in [0.4, 0.5) is 11.5 Å². The van der Waals surface area contributed by atoms with Crippen molar-refractivity contribution in [3.63, 3.8) is 0 Å². The first-order chi connectivity index (χ1) is 14.5. The molecule has 2 aromatic carbocycles. The Morgan fingerprint density at radius 3 is 2.63 bits per heavy atom. The van der Waals surface area contributed by atoms with Gasteiger partial charge < -0.3 is 15.4 Å². The van der Waals surface area contributed by atoms with Crippen molar-refractivity contribution in [2.75, 3.05) is 17.2 Å². The molecule has 154 valence electrons. The highest BCUT2D eigenvalue weighted by Gasteiger charge is 2.36. The van der Waals surface area contributed by atoms with Gasteiger partial charge in [0.25, 0.3) is 5.91 Å². The van der Waals surface area contributed by atoms with Gasteiger partial charge in [0.15, 0.2) is 0 Å². The summed E-state index contributed by atoms with van der Waals surface area (Å²) >= 11 is 0. The second kappa shape index (κ2) is 8.02. The van der Waals surface area contributed by atoms with Crippen LogP contribution < -0.4 is 15.4 Å². The smallest absolute Gasteiger partial charge is 0.251 e. The van der Waals surface area contributed by atoms with E-state index in [1.165, 1.54) is 0 Å². The minimum absolute atomic E-state index is 0.0201. The van der Waals surface area contributed by atoms with Crippen LogP contribution in [-0.2, 0) is 9.59 Å². The fourth-order valence-corrected chi connectivity index (χ4v) is 3.68. The van der Waals surface area contributed by atoms with Crippen molar-refractivity contribution in [2.24, 2.45) is 0 Å². The zero-order chi connectivity index (χ0) is 21.3. The molecule has 2 N–H and O–H groups in total. The number of anilines is 2. The number of ether oxygens (including phenoxy) is 1. The molecule has 7 nitrogen and oxygen atoms in total. The number of benzene rings is 2. The van der Waals surface area contributed by atoms with Crippen LogP contribution >= 0.6 is 0 Å². The Balaban J connectivity index is 1.56. The Labute approximate surface area is 175 Å². The lowest BCUT2D eigenvalue weighted by Crippen LogP contribution is -2.24. The van der Waals surface area contributed by atoms with E-state index in [0.29, 0.717) is 23.9 Å². The Kier molecular flexibility index (Phi) is 5.27. The fourth-order valence-electron chi connectivity index (χ4n) is 3.68. The second-order valence-electron chi connectivity index (χ2n) is 7.31. The zero-order valence-electron chi connectivity index (χ0n) is 17.2. The van der Waals surface area contributed by atoms with Gasteiger partial charge in [-0.25, -0.2) is 4.68 Å². The van der Waals surface area contributed by atoms with Crippen molar-refractivity contribution in [1.29, 1.82) is 0 Å². The van der Waals surface area contributed by atoms with E-state index in [0.717, 1.165) is 22.4 Å². The number of amides is 2. The molecular weight excluding hydrogens is 380 g/mol. The number of para-hydroxylation sites is 2. The van der Waals surface area contributed by atoms with Crippen LogP contribution in [0.1, 0.15) is 30.6 Å². The maximum Gasteiger partial charge on any atom is 0.251 e. The van der Waals surface area contributed by atoms with Crippen molar-refractivity contribution in [3.8, 4) is 16.9 Å². The van der Waals surface area contributed by atoms with Crippen LogP contribution in [0.5, 0.6) is 5.75 Å².